The van der Waals surface area contributed by atoms with Crippen LogP contribution in [-0.4, -0.2) is 23.3 Å². The Morgan fingerprint density at radius 2 is 2.24 bits per heavy atom. The van der Waals surface area contributed by atoms with Gasteiger partial charge in [-0.25, -0.2) is 4.52 Å². The molecule has 0 amide bonds. The topological polar surface area (TPSA) is 38.6 Å². The van der Waals surface area contributed by atoms with Gasteiger partial charge in [0.15, 0.2) is 0 Å². The number of pyridine rings is 1. The maximum Gasteiger partial charge on any atom is 0.122 e. The van der Waals surface area contributed by atoms with Crippen LogP contribution in [-0.2, 0) is 6.42 Å². The Balaban J connectivity index is 1.81. The summed E-state index contributed by atoms with van der Waals surface area (Å²) in [5.41, 5.74) is 4.87. The molecule has 21 heavy (non-hydrogen) atoms. The fourth-order valence-electron chi connectivity index (χ4n) is 3.06. The van der Waals surface area contributed by atoms with Crippen LogP contribution < -0.4 is 10.1 Å². The highest BCUT2D eigenvalue weighted by Gasteiger charge is 2.19. The first-order valence-electron chi connectivity index (χ1n) is 7.22. The van der Waals surface area contributed by atoms with Crippen molar-refractivity contribution in [2.24, 2.45) is 0 Å². The van der Waals surface area contributed by atoms with Crippen molar-refractivity contribution in [3.8, 4) is 5.75 Å². The third kappa shape index (κ3) is 1.99. The monoisotopic (exact) mass is 279 g/mol. The van der Waals surface area contributed by atoms with Crippen molar-refractivity contribution in [2.75, 3.05) is 13.7 Å². The summed E-state index contributed by atoms with van der Waals surface area (Å²) in [4.78, 5) is 0. The van der Waals surface area contributed by atoms with E-state index in [1.54, 1.807) is 0 Å². The Kier molecular flexibility index (Phi) is 2.89. The van der Waals surface area contributed by atoms with Crippen LogP contribution >= 0.6 is 0 Å². The highest BCUT2D eigenvalue weighted by atomic mass is 16.5. The molecule has 0 spiro atoms. The molecule has 4 heteroatoms. The molecule has 1 aliphatic heterocycles. The molecule has 1 aliphatic rings. The van der Waals surface area contributed by atoms with Crippen LogP contribution in [0.1, 0.15) is 22.7 Å². The predicted molar refractivity (Wildman–Crippen MR) is 81.7 cm³/mol. The van der Waals surface area contributed by atoms with E-state index in [9.17, 15) is 0 Å². The lowest BCUT2D eigenvalue weighted by molar-refractivity contribution is 0.357. The first kappa shape index (κ1) is 12.4. The molecule has 106 valence electrons. The van der Waals surface area contributed by atoms with Gasteiger partial charge in [-0.1, -0.05) is 18.2 Å². The summed E-state index contributed by atoms with van der Waals surface area (Å²) in [6.07, 6.45) is 4.91. The van der Waals surface area contributed by atoms with E-state index in [4.69, 9.17) is 4.74 Å². The number of ether oxygens (including phenoxy) is 1. The minimum absolute atomic E-state index is 0.135. The number of benzene rings is 1. The molecule has 3 aromatic rings. The van der Waals surface area contributed by atoms with E-state index in [1.807, 2.05) is 36.1 Å². The molecule has 0 aliphatic carbocycles. The van der Waals surface area contributed by atoms with E-state index in [0.717, 1.165) is 24.3 Å². The maximum atomic E-state index is 5.59. The molecule has 1 atom stereocenters. The zero-order valence-electron chi connectivity index (χ0n) is 11.9. The second kappa shape index (κ2) is 4.90. The van der Waals surface area contributed by atoms with E-state index in [-0.39, 0.29) is 6.04 Å². The standard InChI is InChI=1S/C17H17N3O/c1-18-17(13-5-6-16-12(10-13)7-9-21-16)14-11-19-20-8-3-2-4-15(14)20/h2-6,8,10-11,17-18H,7,9H2,1H3. The fraction of sp³-hybridized carbons (Fsp3) is 0.235. The van der Waals surface area contributed by atoms with Gasteiger partial charge in [0, 0.05) is 18.2 Å². The highest BCUT2D eigenvalue weighted by Crippen LogP contribution is 2.31. The summed E-state index contributed by atoms with van der Waals surface area (Å²) in [5.74, 6) is 1.02. The van der Waals surface area contributed by atoms with Crippen molar-refractivity contribution < 1.29 is 4.74 Å². The molecule has 0 bridgehead atoms. The second-order valence-corrected chi connectivity index (χ2v) is 5.32. The summed E-state index contributed by atoms with van der Waals surface area (Å²) < 4.78 is 7.50. The van der Waals surface area contributed by atoms with E-state index in [2.05, 4.69) is 34.7 Å². The van der Waals surface area contributed by atoms with Crippen LogP contribution in [0.15, 0.2) is 48.8 Å². The zero-order chi connectivity index (χ0) is 14.2. The van der Waals surface area contributed by atoms with Crippen LogP contribution in [0.3, 0.4) is 0 Å². The first-order chi connectivity index (χ1) is 10.4. The Hall–Kier alpha value is -2.33. The molecule has 0 fully saturated rings. The Morgan fingerprint density at radius 1 is 1.29 bits per heavy atom. The van der Waals surface area contributed by atoms with Crippen molar-refractivity contribution in [1.29, 1.82) is 0 Å². The van der Waals surface area contributed by atoms with E-state index in [0.29, 0.717) is 0 Å². The molecule has 4 nitrogen and oxygen atoms in total. The Labute approximate surface area is 123 Å². The predicted octanol–water partition coefficient (Wildman–Crippen LogP) is 2.58. The maximum absolute atomic E-state index is 5.59. The van der Waals surface area contributed by atoms with Crippen molar-refractivity contribution >= 4 is 5.52 Å². The molecular formula is C17H17N3O. The summed E-state index contributed by atoms with van der Waals surface area (Å²) in [6.45, 7) is 0.791. The Morgan fingerprint density at radius 3 is 3.14 bits per heavy atom. The molecular weight excluding hydrogens is 262 g/mol. The summed E-state index contributed by atoms with van der Waals surface area (Å²) in [6, 6.07) is 12.7. The van der Waals surface area contributed by atoms with Gasteiger partial charge in [-0.3, -0.25) is 0 Å². The van der Waals surface area contributed by atoms with E-state index in [1.165, 1.54) is 16.7 Å². The average Bonchev–Trinajstić information content (AvgIpc) is 3.15. The third-order valence-electron chi connectivity index (χ3n) is 4.10. The first-order valence-corrected chi connectivity index (χ1v) is 7.22. The fourth-order valence-corrected chi connectivity index (χ4v) is 3.06. The quantitative estimate of drug-likeness (QED) is 0.801. The molecule has 1 aromatic carbocycles. The molecule has 1 N–H and O–H groups in total. The number of aromatic nitrogens is 2. The Bertz CT molecular complexity index is 794. The number of hydrogen-bond acceptors (Lipinski definition) is 3. The zero-order valence-corrected chi connectivity index (χ0v) is 11.9. The molecule has 0 radical (unpaired) electrons. The van der Waals surface area contributed by atoms with Gasteiger partial charge in [0.1, 0.15) is 5.75 Å². The number of fused-ring (bicyclic) bond motifs is 2. The van der Waals surface area contributed by atoms with Crippen molar-refractivity contribution in [1.82, 2.24) is 14.9 Å². The summed E-state index contributed by atoms with van der Waals surface area (Å²) >= 11 is 0. The smallest absolute Gasteiger partial charge is 0.122 e. The molecule has 0 saturated heterocycles. The van der Waals surface area contributed by atoms with Crippen LogP contribution in [0.2, 0.25) is 0 Å². The van der Waals surface area contributed by atoms with Gasteiger partial charge in [-0.05, 0) is 36.4 Å². The summed E-state index contributed by atoms with van der Waals surface area (Å²) in [7, 11) is 1.99. The lowest BCUT2D eigenvalue weighted by Gasteiger charge is -2.16. The van der Waals surface area contributed by atoms with E-state index < -0.39 is 0 Å². The van der Waals surface area contributed by atoms with Crippen LogP contribution in [0.25, 0.3) is 5.52 Å². The molecule has 4 rings (SSSR count). The minimum Gasteiger partial charge on any atom is -0.493 e. The van der Waals surface area contributed by atoms with Gasteiger partial charge in [-0.15, -0.1) is 0 Å². The van der Waals surface area contributed by atoms with Gasteiger partial charge < -0.3 is 10.1 Å². The lowest BCUT2D eigenvalue weighted by Crippen LogP contribution is -2.17. The minimum atomic E-state index is 0.135. The van der Waals surface area contributed by atoms with Crippen LogP contribution in [0.4, 0.5) is 0 Å². The van der Waals surface area contributed by atoms with Gasteiger partial charge in [0.05, 0.1) is 24.4 Å². The van der Waals surface area contributed by atoms with Gasteiger partial charge in [0.25, 0.3) is 0 Å². The van der Waals surface area contributed by atoms with Crippen molar-refractivity contribution in [3.05, 3.63) is 65.5 Å². The highest BCUT2D eigenvalue weighted by molar-refractivity contribution is 5.57. The molecule has 0 saturated carbocycles. The number of nitrogens with zero attached hydrogens (tertiary/aromatic N) is 2. The van der Waals surface area contributed by atoms with Crippen molar-refractivity contribution in [3.63, 3.8) is 0 Å². The average molecular weight is 279 g/mol. The van der Waals surface area contributed by atoms with E-state index >= 15 is 0 Å². The lowest BCUT2D eigenvalue weighted by atomic mass is 9.97. The molecule has 1 unspecified atom stereocenters. The summed E-state index contributed by atoms with van der Waals surface area (Å²) in [5, 5.41) is 7.85. The molecule has 2 aromatic heterocycles. The van der Waals surface area contributed by atoms with Gasteiger partial charge >= 0.3 is 0 Å². The van der Waals surface area contributed by atoms with Gasteiger partial charge in [0.2, 0.25) is 0 Å². The number of rotatable bonds is 3. The van der Waals surface area contributed by atoms with Crippen LogP contribution in [0, 0.1) is 0 Å². The largest absolute Gasteiger partial charge is 0.493 e. The van der Waals surface area contributed by atoms with Crippen molar-refractivity contribution in [2.45, 2.75) is 12.5 Å². The molecule has 3 heterocycles. The van der Waals surface area contributed by atoms with Crippen LogP contribution in [0.5, 0.6) is 5.75 Å². The second-order valence-electron chi connectivity index (χ2n) is 5.32. The normalized spacial score (nSPS) is 14.9. The third-order valence-corrected chi connectivity index (χ3v) is 4.10. The SMILES string of the molecule is CNC(c1ccc2c(c1)CCO2)c1cnn2ccccc12. The van der Waals surface area contributed by atoms with Gasteiger partial charge in [-0.2, -0.15) is 5.10 Å². The number of hydrogen-bond donors (Lipinski definition) is 1. The number of nitrogens with one attached hydrogen (secondary N) is 1.